The minimum Gasteiger partial charge on any atom is -0.341 e. The largest absolute Gasteiger partial charge is 0.341 e. The molecular weight excluding hydrogens is 346 g/mol. The Kier molecular flexibility index (Phi) is 6.90. The molecule has 0 aliphatic heterocycles. The predicted molar refractivity (Wildman–Crippen MR) is 121 cm³/mol. The summed E-state index contributed by atoms with van der Waals surface area (Å²) in [5, 5.41) is 4.23. The molecule has 0 N–H and O–H groups in total. The molecule has 0 heterocycles. The predicted octanol–water partition coefficient (Wildman–Crippen LogP) is 6.77. The Morgan fingerprint density at radius 2 is 1.00 bits per heavy atom. The lowest BCUT2D eigenvalue weighted by atomic mass is 10.1. The van der Waals surface area contributed by atoms with E-state index in [2.05, 4.69) is 76.0 Å². The normalized spacial score (nSPS) is 13.1. The highest BCUT2D eigenvalue weighted by Crippen LogP contribution is 2.26. The smallest absolute Gasteiger partial charge is 0.222 e. The van der Waals surface area contributed by atoms with Gasteiger partial charge in [0.2, 0.25) is 5.90 Å². The molecule has 2 rings (SSSR count). The molecule has 4 nitrogen and oxygen atoms in total. The molecule has 28 heavy (non-hydrogen) atoms. The van der Waals surface area contributed by atoms with E-state index in [0.29, 0.717) is 5.90 Å². The van der Waals surface area contributed by atoms with Crippen LogP contribution in [0.15, 0.2) is 39.4 Å². The average Bonchev–Trinajstić information content (AvgIpc) is 2.58. The fourth-order valence-corrected chi connectivity index (χ4v) is 3.32. The standard InChI is InChI=1S/C24H31N3O/c1-14-10-16(3)23(17(4)11-14)25-20(7)21(8)27-28-22(9)26-24-18(5)12-15(2)13-19(24)6/h10-13H,1-9H3/b25-20?,26-22?,27-21+. The zero-order valence-corrected chi connectivity index (χ0v) is 18.6. The van der Waals surface area contributed by atoms with Crippen molar-refractivity contribution in [2.45, 2.75) is 62.3 Å². The van der Waals surface area contributed by atoms with Gasteiger partial charge in [-0.1, -0.05) is 40.5 Å². The number of nitrogens with zero attached hydrogens (tertiary/aromatic N) is 3. The van der Waals surface area contributed by atoms with E-state index >= 15 is 0 Å². The number of hydrogen-bond donors (Lipinski definition) is 0. The lowest BCUT2D eigenvalue weighted by molar-refractivity contribution is 0.326. The lowest BCUT2D eigenvalue weighted by Gasteiger charge is -2.09. The van der Waals surface area contributed by atoms with Gasteiger partial charge in [0.25, 0.3) is 0 Å². The summed E-state index contributed by atoms with van der Waals surface area (Å²) in [5.74, 6) is 0.505. The van der Waals surface area contributed by atoms with E-state index in [9.17, 15) is 0 Å². The molecule has 0 unspecified atom stereocenters. The number of rotatable bonds is 4. The Hall–Kier alpha value is -2.75. The van der Waals surface area contributed by atoms with Crippen molar-refractivity contribution in [3.8, 4) is 0 Å². The van der Waals surface area contributed by atoms with E-state index in [1.165, 1.54) is 11.1 Å². The molecule has 0 spiro atoms. The average molecular weight is 378 g/mol. The van der Waals surface area contributed by atoms with Crippen molar-refractivity contribution < 1.29 is 4.84 Å². The Labute approximate surface area is 169 Å². The number of aliphatic imine (C=N–C) groups is 2. The molecule has 2 aromatic carbocycles. The summed E-state index contributed by atoms with van der Waals surface area (Å²) in [6.45, 7) is 18.1. The maximum atomic E-state index is 5.54. The summed E-state index contributed by atoms with van der Waals surface area (Å²) in [6, 6.07) is 8.53. The molecule has 0 aliphatic rings. The SMILES string of the molecule is CC(=Nc1c(C)cc(C)cc1C)O/N=C(\C)C(C)=Nc1c(C)cc(C)cc1C. The number of hydrogen-bond acceptors (Lipinski definition) is 4. The minimum absolute atomic E-state index is 0.505. The first kappa shape index (κ1) is 21.5. The third-order valence-electron chi connectivity index (χ3n) is 4.66. The zero-order chi connectivity index (χ0) is 21.0. The monoisotopic (exact) mass is 377 g/mol. The van der Waals surface area contributed by atoms with Crippen LogP contribution in [-0.4, -0.2) is 17.3 Å². The molecule has 0 aromatic heterocycles. The van der Waals surface area contributed by atoms with E-state index in [4.69, 9.17) is 9.83 Å². The van der Waals surface area contributed by atoms with Crippen molar-refractivity contribution in [1.82, 2.24) is 0 Å². The van der Waals surface area contributed by atoms with Crippen LogP contribution < -0.4 is 0 Å². The van der Waals surface area contributed by atoms with Crippen molar-refractivity contribution in [3.05, 3.63) is 57.6 Å². The summed E-state index contributed by atoms with van der Waals surface area (Å²) in [5.41, 5.74) is 10.5. The first-order chi connectivity index (χ1) is 13.1. The lowest BCUT2D eigenvalue weighted by Crippen LogP contribution is -2.08. The van der Waals surface area contributed by atoms with Crippen LogP contribution in [0.2, 0.25) is 0 Å². The maximum Gasteiger partial charge on any atom is 0.222 e. The van der Waals surface area contributed by atoms with Gasteiger partial charge < -0.3 is 4.84 Å². The topological polar surface area (TPSA) is 46.3 Å². The molecular formula is C24H31N3O. The molecule has 0 bridgehead atoms. The van der Waals surface area contributed by atoms with Gasteiger partial charge in [0, 0.05) is 6.92 Å². The summed E-state index contributed by atoms with van der Waals surface area (Å²) in [7, 11) is 0. The van der Waals surface area contributed by atoms with Crippen LogP contribution in [-0.2, 0) is 4.84 Å². The second-order valence-electron chi connectivity index (χ2n) is 7.59. The first-order valence-corrected chi connectivity index (χ1v) is 9.56. The van der Waals surface area contributed by atoms with Crippen LogP contribution in [0.5, 0.6) is 0 Å². The Balaban J connectivity index is 2.22. The number of benzene rings is 2. The summed E-state index contributed by atoms with van der Waals surface area (Å²) in [4.78, 5) is 14.9. The first-order valence-electron chi connectivity index (χ1n) is 9.56. The van der Waals surface area contributed by atoms with Crippen LogP contribution in [0.3, 0.4) is 0 Å². The van der Waals surface area contributed by atoms with Crippen molar-refractivity contribution in [3.63, 3.8) is 0 Å². The van der Waals surface area contributed by atoms with Gasteiger partial charge in [0.15, 0.2) is 0 Å². The van der Waals surface area contributed by atoms with Gasteiger partial charge in [-0.3, -0.25) is 4.99 Å². The van der Waals surface area contributed by atoms with Gasteiger partial charge in [-0.25, -0.2) is 4.99 Å². The molecule has 0 saturated carbocycles. The highest BCUT2D eigenvalue weighted by atomic mass is 16.6. The van der Waals surface area contributed by atoms with E-state index in [1.54, 1.807) is 0 Å². The third-order valence-corrected chi connectivity index (χ3v) is 4.66. The van der Waals surface area contributed by atoms with E-state index in [-0.39, 0.29) is 0 Å². The molecule has 0 amide bonds. The molecule has 2 aromatic rings. The maximum absolute atomic E-state index is 5.54. The van der Waals surface area contributed by atoms with E-state index < -0.39 is 0 Å². The van der Waals surface area contributed by atoms with Gasteiger partial charge in [-0.15, -0.1) is 0 Å². The van der Waals surface area contributed by atoms with Gasteiger partial charge in [0.1, 0.15) is 0 Å². The van der Waals surface area contributed by atoms with E-state index in [0.717, 1.165) is 45.1 Å². The van der Waals surface area contributed by atoms with Crippen LogP contribution in [0, 0.1) is 41.5 Å². The molecule has 0 aliphatic carbocycles. The highest BCUT2D eigenvalue weighted by Gasteiger charge is 2.07. The summed E-state index contributed by atoms with van der Waals surface area (Å²) >= 11 is 0. The summed E-state index contributed by atoms with van der Waals surface area (Å²) in [6.07, 6.45) is 0. The van der Waals surface area contributed by atoms with Crippen LogP contribution in [0.25, 0.3) is 0 Å². The van der Waals surface area contributed by atoms with Crippen LogP contribution in [0.1, 0.15) is 54.2 Å². The van der Waals surface area contributed by atoms with Gasteiger partial charge in [-0.05, 0) is 77.6 Å². The highest BCUT2D eigenvalue weighted by molar-refractivity contribution is 6.41. The van der Waals surface area contributed by atoms with E-state index in [1.807, 2.05) is 20.8 Å². The summed E-state index contributed by atoms with van der Waals surface area (Å²) < 4.78 is 0. The quantitative estimate of drug-likeness (QED) is 0.329. The van der Waals surface area contributed by atoms with Gasteiger partial charge >= 0.3 is 0 Å². The fraction of sp³-hybridized carbons (Fsp3) is 0.375. The third kappa shape index (κ3) is 5.38. The van der Waals surface area contributed by atoms with Crippen LogP contribution in [0.4, 0.5) is 11.4 Å². The Morgan fingerprint density at radius 3 is 1.43 bits per heavy atom. The molecule has 0 radical (unpaired) electrons. The zero-order valence-electron chi connectivity index (χ0n) is 18.6. The minimum atomic E-state index is 0.505. The van der Waals surface area contributed by atoms with Gasteiger partial charge in [-0.2, -0.15) is 0 Å². The van der Waals surface area contributed by atoms with Crippen molar-refractivity contribution in [2.24, 2.45) is 15.1 Å². The van der Waals surface area contributed by atoms with Gasteiger partial charge in [0.05, 0.1) is 22.8 Å². The molecule has 4 heteroatoms. The number of oxime groups is 1. The molecule has 0 fully saturated rings. The second kappa shape index (κ2) is 8.96. The van der Waals surface area contributed by atoms with Crippen molar-refractivity contribution in [1.29, 1.82) is 0 Å². The van der Waals surface area contributed by atoms with Crippen molar-refractivity contribution >= 4 is 28.7 Å². The Morgan fingerprint density at radius 1 is 0.607 bits per heavy atom. The fourth-order valence-electron chi connectivity index (χ4n) is 3.32. The molecule has 0 atom stereocenters. The Bertz CT molecular complexity index is 935. The number of aryl methyl sites for hydroxylation is 6. The van der Waals surface area contributed by atoms with Crippen molar-refractivity contribution in [2.75, 3.05) is 0 Å². The molecule has 148 valence electrons. The molecule has 0 saturated heterocycles. The van der Waals surface area contributed by atoms with Crippen LogP contribution >= 0.6 is 0 Å². The second-order valence-corrected chi connectivity index (χ2v) is 7.59.